The topological polar surface area (TPSA) is 87.7 Å². The van der Waals surface area contributed by atoms with Gasteiger partial charge in [0.05, 0.1) is 6.54 Å². The first-order valence-electron chi connectivity index (χ1n) is 13.6. The maximum atomic E-state index is 13.0. The van der Waals surface area contributed by atoms with Crippen molar-refractivity contribution in [1.29, 1.82) is 0 Å². The Balaban J connectivity index is 1.35. The number of amides is 1. The van der Waals surface area contributed by atoms with Crippen molar-refractivity contribution in [2.45, 2.75) is 83.9 Å². The average molecular weight is 508 g/mol. The Morgan fingerprint density at radius 3 is 2.38 bits per heavy atom. The Morgan fingerprint density at radius 1 is 1.03 bits per heavy atom. The van der Waals surface area contributed by atoms with Crippen molar-refractivity contribution < 1.29 is 14.3 Å². The van der Waals surface area contributed by atoms with Gasteiger partial charge in [0, 0.05) is 30.9 Å². The minimum atomic E-state index is -0.492. The molecule has 2 aliphatic carbocycles. The number of nitrogens with one attached hydrogen (secondary N) is 1. The van der Waals surface area contributed by atoms with Crippen LogP contribution in [0.15, 0.2) is 36.7 Å². The molecule has 1 aromatic carbocycles. The lowest BCUT2D eigenvalue weighted by Gasteiger charge is -2.35. The average Bonchev–Trinajstić information content (AvgIpc) is 3.67. The Hall–Kier alpha value is -3.00. The van der Waals surface area contributed by atoms with Crippen LogP contribution < -0.4 is 10.2 Å². The quantitative estimate of drug-likeness (QED) is 0.450. The zero-order chi connectivity index (χ0) is 26.4. The van der Waals surface area contributed by atoms with E-state index in [4.69, 9.17) is 4.74 Å². The second-order valence-corrected chi connectivity index (χ2v) is 11.6. The second kappa shape index (κ2) is 12.0. The highest BCUT2D eigenvalue weighted by Gasteiger charge is 2.30. The summed E-state index contributed by atoms with van der Waals surface area (Å²) in [6, 6.07) is 9.99. The summed E-state index contributed by atoms with van der Waals surface area (Å²) in [4.78, 5) is 38.2. The smallest absolute Gasteiger partial charge is 0.320 e. The molecule has 0 bridgehead atoms. The lowest BCUT2D eigenvalue weighted by Crippen LogP contribution is -2.39. The molecular weight excluding hydrogens is 466 g/mol. The number of likely N-dealkylation sites (N-methyl/N-ethyl adjacent to an activating group) is 1. The number of anilines is 2. The van der Waals surface area contributed by atoms with E-state index in [-0.39, 0.29) is 18.4 Å². The van der Waals surface area contributed by atoms with E-state index in [1.807, 2.05) is 63.1 Å². The predicted octanol–water partition coefficient (Wildman–Crippen LogP) is 5.05. The van der Waals surface area contributed by atoms with E-state index in [1.165, 1.54) is 51.3 Å². The van der Waals surface area contributed by atoms with Gasteiger partial charge in [-0.3, -0.25) is 14.5 Å². The zero-order valence-corrected chi connectivity index (χ0v) is 22.7. The van der Waals surface area contributed by atoms with Gasteiger partial charge in [-0.2, -0.15) is 0 Å². The van der Waals surface area contributed by atoms with Gasteiger partial charge in [0.25, 0.3) is 5.91 Å². The summed E-state index contributed by atoms with van der Waals surface area (Å²) >= 11 is 0. The Bertz CT molecular complexity index is 1060. The van der Waals surface area contributed by atoms with Crippen molar-refractivity contribution in [3.63, 3.8) is 0 Å². The fourth-order valence-corrected chi connectivity index (χ4v) is 4.88. The van der Waals surface area contributed by atoms with E-state index < -0.39 is 5.60 Å². The number of benzene rings is 1. The molecule has 2 fully saturated rings. The second-order valence-electron chi connectivity index (χ2n) is 11.6. The lowest BCUT2D eigenvalue weighted by atomic mass is 9.94. The highest BCUT2D eigenvalue weighted by molar-refractivity contribution is 6.03. The number of carbonyl (C=O) groups excluding carboxylic acids is 2. The van der Waals surface area contributed by atoms with Gasteiger partial charge in [-0.1, -0.05) is 31.4 Å². The SMILES string of the molecule is CN(CC(=O)OC(C)(C)C)Cc1ccc(NC(=O)c2cc(N(CC3CC3)C3CCCCC3)ncn2)cc1. The van der Waals surface area contributed by atoms with E-state index in [1.54, 1.807) is 0 Å². The highest BCUT2D eigenvalue weighted by atomic mass is 16.6. The Morgan fingerprint density at radius 2 is 1.73 bits per heavy atom. The number of rotatable bonds is 10. The molecule has 0 unspecified atom stereocenters. The molecule has 0 radical (unpaired) electrons. The van der Waals surface area contributed by atoms with Crippen molar-refractivity contribution in [2.75, 3.05) is 30.4 Å². The fraction of sp³-hybridized carbons (Fsp3) is 0.586. The van der Waals surface area contributed by atoms with Crippen LogP contribution >= 0.6 is 0 Å². The first-order chi connectivity index (χ1) is 17.7. The summed E-state index contributed by atoms with van der Waals surface area (Å²) < 4.78 is 5.39. The lowest BCUT2D eigenvalue weighted by molar-refractivity contribution is -0.155. The Labute approximate surface area is 220 Å². The molecule has 200 valence electrons. The van der Waals surface area contributed by atoms with E-state index in [9.17, 15) is 9.59 Å². The summed E-state index contributed by atoms with van der Waals surface area (Å²) in [6.07, 6.45) is 10.3. The summed E-state index contributed by atoms with van der Waals surface area (Å²) in [5, 5.41) is 2.96. The third-order valence-corrected chi connectivity index (χ3v) is 6.83. The van der Waals surface area contributed by atoms with Gasteiger partial charge in [-0.25, -0.2) is 9.97 Å². The number of aromatic nitrogens is 2. The van der Waals surface area contributed by atoms with Crippen LogP contribution in [0.1, 0.15) is 81.8 Å². The molecule has 8 nitrogen and oxygen atoms in total. The van der Waals surface area contributed by atoms with Crippen molar-refractivity contribution in [3.8, 4) is 0 Å². The monoisotopic (exact) mass is 507 g/mol. The van der Waals surface area contributed by atoms with Crippen molar-refractivity contribution in [3.05, 3.63) is 47.9 Å². The van der Waals surface area contributed by atoms with Gasteiger partial charge >= 0.3 is 5.97 Å². The highest BCUT2D eigenvalue weighted by Crippen LogP contribution is 2.34. The molecule has 1 aromatic heterocycles. The van der Waals surface area contributed by atoms with Gasteiger partial charge in [0.2, 0.25) is 0 Å². The molecule has 1 amide bonds. The molecule has 4 rings (SSSR count). The van der Waals surface area contributed by atoms with Crippen LogP contribution in [0.25, 0.3) is 0 Å². The first kappa shape index (κ1) is 27.0. The standard InChI is InChI=1S/C29H41N5O3/c1-29(2,3)37-27(35)19-33(4)17-21-12-14-23(15-13-21)32-28(36)25-16-26(31-20-30-25)34(18-22-10-11-22)24-8-6-5-7-9-24/h12-16,20,22,24H,5-11,17-19H2,1-4H3,(H,32,36). The molecule has 2 aromatic rings. The van der Waals surface area contributed by atoms with Gasteiger partial charge < -0.3 is 15.0 Å². The van der Waals surface area contributed by atoms with Crippen LogP contribution in [-0.4, -0.2) is 58.5 Å². The van der Waals surface area contributed by atoms with Crippen LogP contribution in [0, 0.1) is 5.92 Å². The largest absolute Gasteiger partial charge is 0.459 e. The van der Waals surface area contributed by atoms with Crippen LogP contribution in [-0.2, 0) is 16.1 Å². The molecule has 0 atom stereocenters. The molecule has 2 aliphatic rings. The first-order valence-corrected chi connectivity index (χ1v) is 13.6. The van der Waals surface area contributed by atoms with Crippen LogP contribution in [0.5, 0.6) is 0 Å². The van der Waals surface area contributed by atoms with Crippen molar-refractivity contribution >= 4 is 23.4 Å². The number of nitrogens with zero attached hydrogens (tertiary/aromatic N) is 4. The number of carbonyl (C=O) groups is 2. The number of esters is 1. The maximum Gasteiger partial charge on any atom is 0.320 e. The minimum Gasteiger partial charge on any atom is -0.459 e. The number of ether oxygens (including phenoxy) is 1. The fourth-order valence-electron chi connectivity index (χ4n) is 4.88. The van der Waals surface area contributed by atoms with Crippen molar-refractivity contribution in [2.24, 2.45) is 5.92 Å². The minimum absolute atomic E-state index is 0.213. The predicted molar refractivity (Wildman–Crippen MR) is 146 cm³/mol. The number of hydrogen-bond donors (Lipinski definition) is 1. The molecule has 2 saturated carbocycles. The number of hydrogen-bond acceptors (Lipinski definition) is 7. The Kier molecular flexibility index (Phi) is 8.79. The molecular formula is C29H41N5O3. The normalized spacial score (nSPS) is 16.5. The van der Waals surface area contributed by atoms with Gasteiger partial charge in [0.1, 0.15) is 23.4 Å². The maximum absolute atomic E-state index is 13.0. The third kappa shape index (κ3) is 8.52. The van der Waals surface area contributed by atoms with Gasteiger partial charge in [-0.15, -0.1) is 0 Å². The van der Waals surface area contributed by atoms with E-state index in [2.05, 4.69) is 20.2 Å². The van der Waals surface area contributed by atoms with E-state index >= 15 is 0 Å². The van der Waals surface area contributed by atoms with E-state index in [0.29, 0.717) is 24.0 Å². The molecule has 1 N–H and O–H groups in total. The summed E-state index contributed by atoms with van der Waals surface area (Å²) in [5.74, 6) is 1.12. The third-order valence-electron chi connectivity index (χ3n) is 6.83. The molecule has 8 heteroatoms. The summed E-state index contributed by atoms with van der Waals surface area (Å²) in [7, 11) is 1.88. The van der Waals surface area contributed by atoms with Crippen LogP contribution in [0.4, 0.5) is 11.5 Å². The molecule has 1 heterocycles. The summed E-state index contributed by atoms with van der Waals surface area (Å²) in [6.45, 7) is 7.42. The molecule has 37 heavy (non-hydrogen) atoms. The molecule has 0 aliphatic heterocycles. The van der Waals surface area contributed by atoms with Crippen LogP contribution in [0.2, 0.25) is 0 Å². The summed E-state index contributed by atoms with van der Waals surface area (Å²) in [5.41, 5.74) is 1.62. The molecule has 0 spiro atoms. The van der Waals surface area contributed by atoms with E-state index in [0.717, 1.165) is 23.8 Å². The van der Waals surface area contributed by atoms with Gasteiger partial charge in [-0.05, 0) is 77.1 Å². The van der Waals surface area contributed by atoms with Crippen molar-refractivity contribution in [1.82, 2.24) is 14.9 Å². The zero-order valence-electron chi connectivity index (χ0n) is 22.7. The van der Waals surface area contributed by atoms with Gasteiger partial charge in [0.15, 0.2) is 0 Å². The van der Waals surface area contributed by atoms with Crippen LogP contribution in [0.3, 0.4) is 0 Å². The molecule has 0 saturated heterocycles.